The van der Waals surface area contributed by atoms with Crippen LogP contribution in [0.25, 0.3) is 5.76 Å². The monoisotopic (exact) mass is 486 g/mol. The zero-order valence-corrected chi connectivity index (χ0v) is 19.9. The molecule has 36 heavy (non-hydrogen) atoms. The van der Waals surface area contributed by atoms with Crippen molar-refractivity contribution < 1.29 is 28.6 Å². The number of Topliss-reactive ketones (excluding diaryl/α,β-unsaturated/α-hetero) is 1. The number of ketones is 1. The van der Waals surface area contributed by atoms with Gasteiger partial charge in [0.25, 0.3) is 11.7 Å². The molecular formula is C28H26N2O6. The maximum atomic E-state index is 13.4. The number of hydrogen-bond acceptors (Lipinski definition) is 7. The maximum Gasteiger partial charge on any atom is 0.300 e. The number of hydrogen-bond donors (Lipinski definition) is 1. The molecule has 0 spiro atoms. The number of aliphatic hydroxyl groups is 1. The minimum absolute atomic E-state index is 0.0340. The van der Waals surface area contributed by atoms with Gasteiger partial charge in [0.05, 0.1) is 5.57 Å². The number of anilines is 2. The van der Waals surface area contributed by atoms with E-state index in [9.17, 15) is 14.7 Å². The zero-order chi connectivity index (χ0) is 24.8. The number of rotatable bonds is 4. The fourth-order valence-electron chi connectivity index (χ4n) is 5.14. The van der Waals surface area contributed by atoms with Crippen molar-refractivity contribution in [3.8, 4) is 11.5 Å². The van der Waals surface area contributed by atoms with Crippen molar-refractivity contribution in [2.45, 2.75) is 32.2 Å². The normalized spacial score (nSPS) is 20.9. The van der Waals surface area contributed by atoms with E-state index < -0.39 is 17.7 Å². The molecule has 2 fully saturated rings. The molecule has 3 aliphatic rings. The fraction of sp³-hybridized carbons (Fsp3) is 0.286. The molecule has 2 saturated heterocycles. The smallest absolute Gasteiger partial charge is 0.300 e. The van der Waals surface area contributed by atoms with Crippen molar-refractivity contribution in [2.24, 2.45) is 0 Å². The molecule has 1 unspecified atom stereocenters. The van der Waals surface area contributed by atoms with Gasteiger partial charge in [0.1, 0.15) is 23.3 Å². The standard InChI is InChI=1S/C28H26N2O6/c1-17-5-11-22(36-17)25-24(26(31)18-6-12-21-23(15-18)35-16-34-21)27(32)28(33)30(25)20-9-7-19(8-10-20)29-13-3-2-4-14-29/h5-12,15,25,31H,2-4,13-14,16H2,1H3/b26-24-. The fourth-order valence-corrected chi connectivity index (χ4v) is 5.14. The summed E-state index contributed by atoms with van der Waals surface area (Å²) in [6.07, 6.45) is 3.56. The molecule has 1 atom stereocenters. The molecule has 0 saturated carbocycles. The highest BCUT2D eigenvalue weighted by Crippen LogP contribution is 2.44. The topological polar surface area (TPSA) is 92.4 Å². The summed E-state index contributed by atoms with van der Waals surface area (Å²) in [4.78, 5) is 30.4. The molecule has 0 radical (unpaired) electrons. The van der Waals surface area contributed by atoms with Crippen LogP contribution in [0.15, 0.2) is 64.6 Å². The van der Waals surface area contributed by atoms with Crippen molar-refractivity contribution in [1.29, 1.82) is 0 Å². The summed E-state index contributed by atoms with van der Waals surface area (Å²) in [7, 11) is 0. The van der Waals surface area contributed by atoms with Crippen LogP contribution in [-0.4, -0.2) is 36.7 Å². The van der Waals surface area contributed by atoms with Crippen molar-refractivity contribution in [3.05, 3.63) is 77.3 Å². The molecule has 4 heterocycles. The second-order valence-electron chi connectivity index (χ2n) is 9.25. The van der Waals surface area contributed by atoms with Crippen molar-refractivity contribution in [2.75, 3.05) is 29.7 Å². The molecule has 184 valence electrons. The minimum atomic E-state index is -0.912. The molecule has 1 N–H and O–H groups in total. The number of aliphatic hydroxyl groups excluding tert-OH is 1. The van der Waals surface area contributed by atoms with Gasteiger partial charge in [-0.2, -0.15) is 0 Å². The lowest BCUT2D eigenvalue weighted by Crippen LogP contribution is -2.30. The lowest BCUT2D eigenvalue weighted by molar-refractivity contribution is -0.132. The van der Waals surface area contributed by atoms with Crippen LogP contribution in [0.1, 0.15) is 42.4 Å². The Morgan fingerprint density at radius 2 is 1.61 bits per heavy atom. The molecule has 1 amide bonds. The first-order valence-electron chi connectivity index (χ1n) is 12.1. The van der Waals surface area contributed by atoms with E-state index in [-0.39, 0.29) is 18.1 Å². The number of benzene rings is 2. The number of amides is 1. The van der Waals surface area contributed by atoms with Crippen LogP contribution in [0.3, 0.4) is 0 Å². The summed E-state index contributed by atoms with van der Waals surface area (Å²) in [6, 6.07) is 15.1. The average molecular weight is 487 g/mol. The molecule has 3 aliphatic heterocycles. The van der Waals surface area contributed by atoms with E-state index in [4.69, 9.17) is 13.9 Å². The molecule has 2 aromatic carbocycles. The van der Waals surface area contributed by atoms with E-state index in [1.807, 2.05) is 24.3 Å². The molecule has 0 aliphatic carbocycles. The predicted octanol–water partition coefficient (Wildman–Crippen LogP) is 4.93. The summed E-state index contributed by atoms with van der Waals surface area (Å²) >= 11 is 0. The lowest BCUT2D eigenvalue weighted by Gasteiger charge is -2.29. The molecule has 3 aromatic rings. The highest BCUT2D eigenvalue weighted by Gasteiger charge is 2.48. The van der Waals surface area contributed by atoms with Gasteiger partial charge in [-0.1, -0.05) is 0 Å². The average Bonchev–Trinajstić information content (AvgIpc) is 3.62. The Bertz CT molecular complexity index is 1370. The maximum absolute atomic E-state index is 13.4. The molecule has 8 heteroatoms. The van der Waals surface area contributed by atoms with Gasteiger partial charge in [-0.05, 0) is 80.8 Å². The van der Waals surface area contributed by atoms with Gasteiger partial charge in [-0.15, -0.1) is 0 Å². The Hall–Kier alpha value is -4.20. The van der Waals surface area contributed by atoms with Crippen LogP contribution in [0.5, 0.6) is 11.5 Å². The molecular weight excluding hydrogens is 460 g/mol. The van der Waals surface area contributed by atoms with Crippen LogP contribution in [0.4, 0.5) is 11.4 Å². The number of nitrogens with zero attached hydrogens (tertiary/aromatic N) is 2. The van der Waals surface area contributed by atoms with Gasteiger partial charge in [0, 0.05) is 30.0 Å². The third kappa shape index (κ3) is 3.69. The predicted molar refractivity (Wildman–Crippen MR) is 133 cm³/mol. The summed E-state index contributed by atoms with van der Waals surface area (Å²) in [5.74, 6) is 0.267. The first-order chi connectivity index (χ1) is 17.5. The Morgan fingerprint density at radius 3 is 2.33 bits per heavy atom. The number of piperidine rings is 1. The summed E-state index contributed by atoms with van der Waals surface area (Å²) in [6.45, 7) is 3.89. The van der Waals surface area contributed by atoms with Gasteiger partial charge in [0.15, 0.2) is 11.5 Å². The van der Waals surface area contributed by atoms with Crippen molar-refractivity contribution in [3.63, 3.8) is 0 Å². The molecule has 0 bridgehead atoms. The van der Waals surface area contributed by atoms with E-state index in [1.54, 1.807) is 37.3 Å². The highest BCUT2D eigenvalue weighted by molar-refractivity contribution is 6.51. The lowest BCUT2D eigenvalue weighted by atomic mass is 9.99. The zero-order valence-electron chi connectivity index (χ0n) is 19.9. The molecule has 6 rings (SSSR count). The van der Waals surface area contributed by atoms with Gasteiger partial charge in [0.2, 0.25) is 6.79 Å². The number of furan rings is 1. The van der Waals surface area contributed by atoms with E-state index in [2.05, 4.69) is 4.90 Å². The van der Waals surface area contributed by atoms with Crippen LogP contribution in [0, 0.1) is 6.92 Å². The van der Waals surface area contributed by atoms with Crippen LogP contribution in [0.2, 0.25) is 0 Å². The highest BCUT2D eigenvalue weighted by atomic mass is 16.7. The van der Waals surface area contributed by atoms with Gasteiger partial charge in [-0.25, -0.2) is 0 Å². The third-order valence-electron chi connectivity index (χ3n) is 6.97. The Balaban J connectivity index is 1.43. The number of carbonyl (C=O) groups is 2. The molecule has 1 aromatic heterocycles. The van der Waals surface area contributed by atoms with Crippen LogP contribution >= 0.6 is 0 Å². The number of carbonyl (C=O) groups excluding carboxylic acids is 2. The third-order valence-corrected chi connectivity index (χ3v) is 6.97. The SMILES string of the molecule is Cc1ccc(C2/C(=C(/O)c3ccc4c(c3)OCO4)C(=O)C(=O)N2c2ccc(N3CCCCC3)cc2)o1. The first-order valence-corrected chi connectivity index (χ1v) is 12.1. The van der Waals surface area contributed by atoms with Gasteiger partial charge < -0.3 is 23.9 Å². The number of ether oxygens (including phenoxy) is 2. The minimum Gasteiger partial charge on any atom is -0.507 e. The number of fused-ring (bicyclic) bond motifs is 1. The molecule has 8 nitrogen and oxygen atoms in total. The summed E-state index contributed by atoms with van der Waals surface area (Å²) in [5.41, 5.74) is 1.96. The van der Waals surface area contributed by atoms with Crippen LogP contribution < -0.4 is 19.3 Å². The van der Waals surface area contributed by atoms with Crippen molar-refractivity contribution in [1.82, 2.24) is 0 Å². The Morgan fingerprint density at radius 1 is 0.889 bits per heavy atom. The Kier molecular flexibility index (Phi) is 5.44. The second kappa shape index (κ2) is 8.78. The summed E-state index contributed by atoms with van der Waals surface area (Å²) in [5, 5.41) is 11.3. The summed E-state index contributed by atoms with van der Waals surface area (Å²) < 4.78 is 16.7. The van der Waals surface area contributed by atoms with E-state index in [1.165, 1.54) is 11.3 Å². The van der Waals surface area contributed by atoms with E-state index in [0.717, 1.165) is 31.6 Å². The van der Waals surface area contributed by atoms with E-state index >= 15 is 0 Å². The quantitative estimate of drug-likeness (QED) is 0.317. The van der Waals surface area contributed by atoms with Gasteiger partial charge >= 0.3 is 0 Å². The van der Waals surface area contributed by atoms with E-state index in [0.29, 0.717) is 34.3 Å². The van der Waals surface area contributed by atoms with Crippen molar-refractivity contribution >= 4 is 28.8 Å². The number of aryl methyl sites for hydroxylation is 1. The largest absolute Gasteiger partial charge is 0.507 e. The second-order valence-corrected chi connectivity index (χ2v) is 9.25. The first kappa shape index (κ1) is 22.3. The Labute approximate surface area is 208 Å². The van der Waals surface area contributed by atoms with Gasteiger partial charge in [-0.3, -0.25) is 14.5 Å². The van der Waals surface area contributed by atoms with Crippen LogP contribution in [-0.2, 0) is 9.59 Å².